The number of ether oxygens (including phenoxy) is 3. The summed E-state index contributed by atoms with van der Waals surface area (Å²) in [5, 5.41) is 2.84. The average Bonchev–Trinajstić information content (AvgIpc) is 2.56. The maximum atomic E-state index is 12.3. The Bertz CT molecular complexity index is 667. The first-order chi connectivity index (χ1) is 10.8. The van der Waals surface area contributed by atoms with Gasteiger partial charge < -0.3 is 19.5 Å². The van der Waals surface area contributed by atoms with Gasteiger partial charge in [0, 0.05) is 11.3 Å². The summed E-state index contributed by atoms with van der Waals surface area (Å²) in [4.78, 5) is 12.3. The molecule has 22 heavy (non-hydrogen) atoms. The number of carbonyl (C=O) groups excluding carboxylic acids is 1. The lowest BCUT2D eigenvalue weighted by atomic mass is 10.1. The Labute approximate surface area is 128 Å². The molecule has 0 fully saturated rings. The third-order valence-corrected chi connectivity index (χ3v) is 3.23. The molecule has 0 saturated carbocycles. The van der Waals surface area contributed by atoms with Crippen LogP contribution in [0, 0.1) is 0 Å². The third-order valence-electron chi connectivity index (χ3n) is 3.23. The fourth-order valence-electron chi connectivity index (χ4n) is 2.19. The molecule has 0 bridgehead atoms. The summed E-state index contributed by atoms with van der Waals surface area (Å²) in [5.74, 6) is 1.86. The molecule has 0 spiro atoms. The second-order valence-electron chi connectivity index (χ2n) is 4.77. The molecule has 0 unspecified atom stereocenters. The predicted molar refractivity (Wildman–Crippen MR) is 83.0 cm³/mol. The minimum atomic E-state index is -0.193. The number of anilines is 1. The molecule has 5 nitrogen and oxygen atoms in total. The lowest BCUT2D eigenvalue weighted by molar-refractivity contribution is 0.102. The van der Waals surface area contributed by atoms with Crippen molar-refractivity contribution in [1.82, 2.24) is 0 Å². The molecule has 5 heteroatoms. The van der Waals surface area contributed by atoms with Crippen molar-refractivity contribution < 1.29 is 19.0 Å². The van der Waals surface area contributed by atoms with E-state index in [2.05, 4.69) is 5.32 Å². The highest BCUT2D eigenvalue weighted by Gasteiger charge is 2.15. The van der Waals surface area contributed by atoms with Crippen molar-refractivity contribution in [3.63, 3.8) is 0 Å². The predicted octanol–water partition coefficient (Wildman–Crippen LogP) is 3.11. The Morgan fingerprint density at radius 3 is 2.55 bits per heavy atom. The number of nitrogens with one attached hydrogen (secondary N) is 1. The molecule has 2 aromatic rings. The standard InChI is InChI=1S/C17H17NO4/c1-2-20-14-6-4-13(5-7-14)18-17(19)12-3-8-15-16(11-12)22-10-9-21-15/h3-8,11H,2,9-10H2,1H3,(H,18,19). The van der Waals surface area contributed by atoms with Gasteiger partial charge >= 0.3 is 0 Å². The van der Waals surface area contributed by atoms with Crippen molar-refractivity contribution in [2.24, 2.45) is 0 Å². The van der Waals surface area contributed by atoms with Gasteiger partial charge in [-0.05, 0) is 49.4 Å². The topological polar surface area (TPSA) is 56.8 Å². The monoisotopic (exact) mass is 299 g/mol. The lowest BCUT2D eigenvalue weighted by Gasteiger charge is -2.18. The highest BCUT2D eigenvalue weighted by molar-refractivity contribution is 6.04. The van der Waals surface area contributed by atoms with E-state index in [1.54, 1.807) is 30.3 Å². The van der Waals surface area contributed by atoms with E-state index in [1.807, 2.05) is 19.1 Å². The molecule has 0 aliphatic carbocycles. The first kappa shape index (κ1) is 14.3. The lowest BCUT2D eigenvalue weighted by Crippen LogP contribution is -2.17. The van der Waals surface area contributed by atoms with E-state index in [9.17, 15) is 4.79 Å². The van der Waals surface area contributed by atoms with Crippen molar-refractivity contribution in [3.8, 4) is 17.2 Å². The molecule has 1 heterocycles. The summed E-state index contributed by atoms with van der Waals surface area (Å²) in [6.45, 7) is 3.57. The van der Waals surface area contributed by atoms with Crippen LogP contribution in [0.4, 0.5) is 5.69 Å². The van der Waals surface area contributed by atoms with Crippen LogP contribution < -0.4 is 19.5 Å². The zero-order valence-electron chi connectivity index (χ0n) is 12.3. The average molecular weight is 299 g/mol. The van der Waals surface area contributed by atoms with Gasteiger partial charge in [-0.15, -0.1) is 0 Å². The van der Waals surface area contributed by atoms with Crippen LogP contribution in [0.25, 0.3) is 0 Å². The van der Waals surface area contributed by atoms with Gasteiger partial charge in [-0.1, -0.05) is 0 Å². The number of benzene rings is 2. The third kappa shape index (κ3) is 3.14. The van der Waals surface area contributed by atoms with Crippen LogP contribution in [-0.2, 0) is 0 Å². The molecule has 1 aliphatic heterocycles. The number of hydrogen-bond donors (Lipinski definition) is 1. The molecule has 0 radical (unpaired) electrons. The smallest absolute Gasteiger partial charge is 0.255 e. The number of carbonyl (C=O) groups is 1. The zero-order valence-corrected chi connectivity index (χ0v) is 12.3. The number of amides is 1. The Kier molecular flexibility index (Phi) is 4.14. The number of hydrogen-bond acceptors (Lipinski definition) is 4. The van der Waals surface area contributed by atoms with Gasteiger partial charge in [-0.2, -0.15) is 0 Å². The van der Waals surface area contributed by atoms with E-state index in [4.69, 9.17) is 14.2 Å². The SMILES string of the molecule is CCOc1ccc(NC(=O)c2ccc3c(c2)OCCO3)cc1. The molecular weight excluding hydrogens is 282 g/mol. The van der Waals surface area contributed by atoms with Crippen LogP contribution in [-0.4, -0.2) is 25.7 Å². The van der Waals surface area contributed by atoms with E-state index in [-0.39, 0.29) is 5.91 Å². The van der Waals surface area contributed by atoms with Crippen LogP contribution in [0.15, 0.2) is 42.5 Å². The van der Waals surface area contributed by atoms with Crippen molar-refractivity contribution in [1.29, 1.82) is 0 Å². The summed E-state index contributed by atoms with van der Waals surface area (Å²) in [7, 11) is 0. The first-order valence-electron chi connectivity index (χ1n) is 7.20. The molecule has 0 saturated heterocycles. The van der Waals surface area contributed by atoms with E-state index in [0.717, 1.165) is 5.75 Å². The maximum Gasteiger partial charge on any atom is 0.255 e. The molecule has 114 valence electrons. The van der Waals surface area contributed by atoms with Crippen molar-refractivity contribution in [3.05, 3.63) is 48.0 Å². The van der Waals surface area contributed by atoms with Gasteiger partial charge in [0.1, 0.15) is 19.0 Å². The molecular formula is C17H17NO4. The van der Waals surface area contributed by atoms with Gasteiger partial charge in [0.25, 0.3) is 5.91 Å². The zero-order chi connectivity index (χ0) is 15.4. The highest BCUT2D eigenvalue weighted by atomic mass is 16.6. The second kappa shape index (κ2) is 6.39. The first-order valence-corrected chi connectivity index (χ1v) is 7.20. The quantitative estimate of drug-likeness (QED) is 0.942. The van der Waals surface area contributed by atoms with E-state index < -0.39 is 0 Å². The van der Waals surface area contributed by atoms with Crippen LogP contribution >= 0.6 is 0 Å². The molecule has 2 aromatic carbocycles. The molecule has 0 aromatic heterocycles. The highest BCUT2D eigenvalue weighted by Crippen LogP contribution is 2.31. The molecule has 1 aliphatic rings. The van der Waals surface area contributed by atoms with Crippen molar-refractivity contribution in [2.45, 2.75) is 6.92 Å². The van der Waals surface area contributed by atoms with Gasteiger partial charge in [0.15, 0.2) is 11.5 Å². The minimum Gasteiger partial charge on any atom is -0.494 e. The van der Waals surface area contributed by atoms with Gasteiger partial charge in [0.2, 0.25) is 0 Å². The Morgan fingerprint density at radius 2 is 1.82 bits per heavy atom. The Morgan fingerprint density at radius 1 is 1.09 bits per heavy atom. The van der Waals surface area contributed by atoms with Gasteiger partial charge in [-0.3, -0.25) is 4.79 Å². The number of fused-ring (bicyclic) bond motifs is 1. The maximum absolute atomic E-state index is 12.3. The van der Waals surface area contributed by atoms with E-state index in [0.29, 0.717) is 42.6 Å². The van der Waals surface area contributed by atoms with Gasteiger partial charge in [0.05, 0.1) is 6.61 Å². The summed E-state index contributed by atoms with van der Waals surface area (Å²) in [6, 6.07) is 12.4. The Balaban J connectivity index is 1.71. The molecule has 1 N–H and O–H groups in total. The summed E-state index contributed by atoms with van der Waals surface area (Å²) < 4.78 is 16.3. The van der Waals surface area contributed by atoms with E-state index in [1.165, 1.54) is 0 Å². The van der Waals surface area contributed by atoms with E-state index >= 15 is 0 Å². The van der Waals surface area contributed by atoms with Crippen LogP contribution in [0.5, 0.6) is 17.2 Å². The molecule has 0 atom stereocenters. The minimum absolute atomic E-state index is 0.193. The van der Waals surface area contributed by atoms with Crippen LogP contribution in [0.1, 0.15) is 17.3 Å². The van der Waals surface area contributed by atoms with Crippen LogP contribution in [0.3, 0.4) is 0 Å². The van der Waals surface area contributed by atoms with Crippen LogP contribution in [0.2, 0.25) is 0 Å². The normalized spacial score (nSPS) is 12.6. The molecule has 1 amide bonds. The Hall–Kier alpha value is -2.69. The summed E-state index contributed by atoms with van der Waals surface area (Å²) >= 11 is 0. The van der Waals surface area contributed by atoms with Crippen molar-refractivity contribution >= 4 is 11.6 Å². The van der Waals surface area contributed by atoms with Gasteiger partial charge in [-0.25, -0.2) is 0 Å². The summed E-state index contributed by atoms with van der Waals surface area (Å²) in [5.41, 5.74) is 1.24. The second-order valence-corrected chi connectivity index (χ2v) is 4.77. The largest absolute Gasteiger partial charge is 0.494 e. The van der Waals surface area contributed by atoms with Crippen molar-refractivity contribution in [2.75, 3.05) is 25.1 Å². The number of rotatable bonds is 4. The molecule has 3 rings (SSSR count). The fourth-order valence-corrected chi connectivity index (χ4v) is 2.19. The summed E-state index contributed by atoms with van der Waals surface area (Å²) in [6.07, 6.45) is 0. The fraction of sp³-hybridized carbons (Fsp3) is 0.235.